The molecule has 1 atom stereocenters. The monoisotopic (exact) mass is 1770 g/mol. The molecule has 4 amide bonds. The topological polar surface area (TPSA) is 249 Å². The summed E-state index contributed by atoms with van der Waals surface area (Å²) in [6.45, 7) is 14.8. The second-order valence-corrected chi connectivity index (χ2v) is 33.6. The van der Waals surface area contributed by atoms with Gasteiger partial charge < -0.3 is 53.6 Å². The van der Waals surface area contributed by atoms with Gasteiger partial charge in [-0.05, 0) is 193 Å². The molecule has 0 aromatic rings. The SMILES string of the molecule is CCCCC/C=C\C/C=C\CCCCCCCC(=O)OCCN(CCOC(=O)CCCCCCC/C=C\C/C=C\CCCCC)C(=O)CCCC(=O)C[C@@H](CCCCNC(=O)CCCC(=O)N(CCOC(=O)CCCCCCC/C=C\C/C=C\CCCCC)CCOC(=O)CCCCCCC/C=C\C/C=C\CCCCC)C(=O)NCCCOCCOCCOCC. The van der Waals surface area contributed by atoms with Gasteiger partial charge in [0.15, 0.2) is 0 Å². The Morgan fingerprint density at radius 1 is 0.262 bits per heavy atom. The fourth-order valence-electron chi connectivity index (χ4n) is 14.2. The Hall–Kier alpha value is -6.77. The number of esters is 4. The third kappa shape index (κ3) is 87.9. The van der Waals surface area contributed by atoms with Crippen molar-refractivity contribution in [3.63, 3.8) is 0 Å². The summed E-state index contributed by atoms with van der Waals surface area (Å²) in [5.41, 5.74) is 0. The van der Waals surface area contributed by atoms with Crippen LogP contribution < -0.4 is 10.6 Å². The number of amides is 4. The minimum Gasteiger partial charge on any atom is -0.464 e. The maximum Gasteiger partial charge on any atom is 0.305 e. The molecule has 126 heavy (non-hydrogen) atoms. The number of carbonyl (C=O) groups excluding carboxylic acids is 9. The van der Waals surface area contributed by atoms with Crippen molar-refractivity contribution in [3.8, 4) is 0 Å². The first-order valence-corrected chi connectivity index (χ1v) is 51.0. The lowest BCUT2D eigenvalue weighted by Crippen LogP contribution is -2.37. The van der Waals surface area contributed by atoms with E-state index in [1.165, 1.54) is 81.9 Å². The smallest absolute Gasteiger partial charge is 0.305 e. The van der Waals surface area contributed by atoms with Crippen molar-refractivity contribution in [2.24, 2.45) is 5.92 Å². The van der Waals surface area contributed by atoms with Crippen LogP contribution in [0.5, 0.6) is 0 Å². The van der Waals surface area contributed by atoms with E-state index >= 15 is 0 Å². The van der Waals surface area contributed by atoms with Crippen LogP contribution in [0.15, 0.2) is 97.2 Å². The molecule has 2 N–H and O–H groups in total. The van der Waals surface area contributed by atoms with Crippen LogP contribution in [0.2, 0.25) is 0 Å². The molecule has 0 saturated heterocycles. The lowest BCUT2D eigenvalue weighted by molar-refractivity contribution is -0.148. The first-order valence-electron chi connectivity index (χ1n) is 51.0. The van der Waals surface area contributed by atoms with Crippen LogP contribution in [0.4, 0.5) is 0 Å². The van der Waals surface area contributed by atoms with E-state index in [0.717, 1.165) is 205 Å². The van der Waals surface area contributed by atoms with Crippen molar-refractivity contribution in [3.05, 3.63) is 97.2 Å². The standard InChI is InChI=1S/C106H184N4O16/c1-6-11-15-19-23-27-31-35-39-43-47-51-55-59-63-77-102(115)123-88-83-109(84-89-124-103(116)78-64-60-56-52-48-44-40-36-32-28-24-20-16-12-7-2)100(113)75-69-73-98(111)96-97(106(119)108-82-71-87-121-94-95-122-93-92-120-10-5)72-67-68-81-107-99(112)74-70-76-101(114)110(85-90-125-104(117)79-65-61-57-53-49-45-41-37-33-29-25-21-17-13-8-3)86-91-126-105(118)80-66-62-58-54-50-46-42-38-34-30-26-22-18-14-9-4/h23-30,35-42,97H,6-22,31-34,43-96H2,1-5H3,(H,107,112)(H,108,119)/b27-23-,28-24-,29-25-,30-26-,39-35-,40-36-,41-37-,42-38-/t97-/m1/s1. The number of nitrogens with one attached hydrogen (secondary N) is 2. The van der Waals surface area contributed by atoms with Gasteiger partial charge in [-0.2, -0.15) is 0 Å². The molecule has 20 heteroatoms. The van der Waals surface area contributed by atoms with E-state index < -0.39 is 5.92 Å². The molecule has 0 aromatic heterocycles. The predicted molar refractivity (Wildman–Crippen MR) is 518 cm³/mol. The Kier molecular flexibility index (Phi) is 92.1. The maximum absolute atomic E-state index is 14.0. The van der Waals surface area contributed by atoms with E-state index in [1.807, 2.05) is 6.92 Å². The Morgan fingerprint density at radius 3 is 0.889 bits per heavy atom. The molecule has 724 valence electrons. The second kappa shape index (κ2) is 97.3. The van der Waals surface area contributed by atoms with E-state index in [0.29, 0.717) is 91.3 Å². The maximum atomic E-state index is 14.0. The van der Waals surface area contributed by atoms with Crippen LogP contribution in [0.25, 0.3) is 0 Å². The number of allylic oxidation sites excluding steroid dienone is 16. The molecule has 0 heterocycles. The third-order valence-electron chi connectivity index (χ3n) is 22.0. The molecule has 0 bridgehead atoms. The number of hydrogen-bond acceptors (Lipinski definition) is 16. The summed E-state index contributed by atoms with van der Waals surface area (Å²) in [6.07, 6.45) is 87.4. The highest BCUT2D eigenvalue weighted by Gasteiger charge is 2.24. The number of ether oxygens (including phenoxy) is 7. The molecule has 0 aliphatic carbocycles. The summed E-state index contributed by atoms with van der Waals surface area (Å²) in [5, 5.41) is 5.95. The van der Waals surface area contributed by atoms with Crippen LogP contribution in [0.3, 0.4) is 0 Å². The van der Waals surface area contributed by atoms with E-state index in [9.17, 15) is 43.2 Å². The number of rotatable bonds is 95. The molecular weight excluding hydrogens is 1590 g/mol. The van der Waals surface area contributed by atoms with Crippen molar-refractivity contribution in [2.75, 3.05) is 105 Å². The van der Waals surface area contributed by atoms with E-state index in [2.05, 4.69) is 136 Å². The van der Waals surface area contributed by atoms with Crippen molar-refractivity contribution >= 4 is 53.3 Å². The molecule has 0 aromatic carbocycles. The highest BCUT2D eigenvalue weighted by molar-refractivity contribution is 5.87. The van der Waals surface area contributed by atoms with E-state index in [-0.39, 0.29) is 164 Å². The lowest BCUT2D eigenvalue weighted by Gasteiger charge is -2.23. The zero-order chi connectivity index (χ0) is 91.6. The Balaban J connectivity index is 5.76. The fraction of sp³-hybridized carbons (Fsp3) is 0.764. The molecule has 20 nitrogen and oxygen atoms in total. The predicted octanol–water partition coefficient (Wildman–Crippen LogP) is 24.8. The first kappa shape index (κ1) is 119. The fourth-order valence-corrected chi connectivity index (χ4v) is 14.2. The van der Waals surface area contributed by atoms with Gasteiger partial charge >= 0.3 is 23.9 Å². The van der Waals surface area contributed by atoms with Crippen molar-refractivity contribution in [1.29, 1.82) is 0 Å². The van der Waals surface area contributed by atoms with Gasteiger partial charge in [-0.3, -0.25) is 43.2 Å². The van der Waals surface area contributed by atoms with Crippen molar-refractivity contribution < 1.29 is 76.3 Å². The van der Waals surface area contributed by atoms with Crippen LogP contribution in [0, 0.1) is 5.92 Å². The number of carbonyl (C=O) groups is 9. The minimum atomic E-state index is -0.661. The summed E-state index contributed by atoms with van der Waals surface area (Å²) < 4.78 is 39.1. The van der Waals surface area contributed by atoms with Gasteiger partial charge in [0.05, 0.1) is 52.6 Å². The molecule has 0 aliphatic heterocycles. The van der Waals surface area contributed by atoms with Gasteiger partial charge in [0.25, 0.3) is 0 Å². The van der Waals surface area contributed by atoms with Gasteiger partial charge in [-0.25, -0.2) is 0 Å². The molecule has 0 spiro atoms. The highest BCUT2D eigenvalue weighted by Crippen LogP contribution is 2.19. The van der Waals surface area contributed by atoms with Gasteiger partial charge in [0.1, 0.15) is 32.2 Å². The van der Waals surface area contributed by atoms with Gasteiger partial charge in [0, 0.05) is 90.0 Å². The minimum absolute atomic E-state index is 0.00345. The second-order valence-electron chi connectivity index (χ2n) is 33.6. The average molecular weight is 1770 g/mol. The molecule has 0 fully saturated rings. The lowest BCUT2D eigenvalue weighted by atomic mass is 9.93. The first-order chi connectivity index (χ1) is 61.8. The van der Waals surface area contributed by atoms with E-state index in [4.69, 9.17) is 33.2 Å². The summed E-state index contributed by atoms with van der Waals surface area (Å²) in [5.74, 6) is -3.09. The van der Waals surface area contributed by atoms with Gasteiger partial charge in [0.2, 0.25) is 23.6 Å². The normalized spacial score (nSPS) is 12.1. The molecule has 0 aliphatic rings. The third-order valence-corrected chi connectivity index (χ3v) is 22.0. The highest BCUT2D eigenvalue weighted by atomic mass is 16.6. The Bertz CT molecular complexity index is 2720. The number of Topliss-reactive ketones (excluding diaryl/α,β-unsaturated/α-hetero) is 1. The Morgan fingerprint density at radius 2 is 0.556 bits per heavy atom. The molecule has 0 radical (unpaired) electrons. The summed E-state index contributed by atoms with van der Waals surface area (Å²) >= 11 is 0. The van der Waals surface area contributed by atoms with Crippen LogP contribution >= 0.6 is 0 Å². The molecule has 0 saturated carbocycles. The number of nitrogens with zero attached hydrogens (tertiary/aromatic N) is 2. The summed E-state index contributed by atoms with van der Waals surface area (Å²) in [4.78, 5) is 123. The Labute approximate surface area is 767 Å². The van der Waals surface area contributed by atoms with Crippen molar-refractivity contribution in [1.82, 2.24) is 20.4 Å². The molecule has 0 unspecified atom stereocenters. The summed E-state index contributed by atoms with van der Waals surface area (Å²) in [7, 11) is 0. The largest absolute Gasteiger partial charge is 0.464 e. The van der Waals surface area contributed by atoms with Crippen molar-refractivity contribution in [2.45, 2.75) is 413 Å². The molecular formula is C106H184N4O16. The van der Waals surface area contributed by atoms with Gasteiger partial charge in [-0.1, -0.05) is 260 Å². The molecule has 0 rings (SSSR count). The van der Waals surface area contributed by atoms with E-state index in [1.54, 1.807) is 4.90 Å². The van der Waals surface area contributed by atoms with Crippen LogP contribution in [0.1, 0.15) is 413 Å². The average Bonchev–Trinajstić information content (AvgIpc) is 0.918. The van der Waals surface area contributed by atoms with Crippen LogP contribution in [-0.2, 0) is 76.3 Å². The van der Waals surface area contributed by atoms with Gasteiger partial charge in [-0.15, -0.1) is 0 Å². The van der Waals surface area contributed by atoms with Crippen LogP contribution in [-0.4, -0.2) is 168 Å². The zero-order valence-corrected chi connectivity index (χ0v) is 80.8. The number of hydrogen-bond donors (Lipinski definition) is 2. The summed E-state index contributed by atoms with van der Waals surface area (Å²) in [6, 6.07) is 0. The number of ketones is 1. The quantitative estimate of drug-likeness (QED) is 0.0249. The zero-order valence-electron chi connectivity index (χ0n) is 80.8. The number of unbranched alkanes of at least 4 members (excludes halogenated alkanes) is 33.